The molecule has 1 heterocycles. The molecule has 0 radical (unpaired) electrons. The topological polar surface area (TPSA) is 75.3 Å². The van der Waals surface area contributed by atoms with Crippen LogP contribution in [0.5, 0.6) is 0 Å². The molecular weight excluding hydrogens is 313 g/mol. The minimum Gasteiger partial charge on any atom is -0.444 e. The van der Waals surface area contributed by atoms with Crippen molar-refractivity contribution in [2.75, 3.05) is 7.05 Å². The number of carbonyl (C=O) groups is 2. The Balaban J connectivity index is 2.32. The molecule has 24 heavy (non-hydrogen) atoms. The van der Waals surface area contributed by atoms with Crippen molar-refractivity contribution in [1.29, 1.82) is 0 Å². The Bertz CT molecular complexity index is 719. The van der Waals surface area contributed by atoms with E-state index in [1.807, 2.05) is 0 Å². The summed E-state index contributed by atoms with van der Waals surface area (Å²) in [6.07, 6.45) is 1.49. The number of likely N-dealkylation sites (N-methyl/N-ethyl adjacent to an activating group) is 1. The summed E-state index contributed by atoms with van der Waals surface area (Å²) in [5, 5.41) is 6.74. The molecule has 0 aliphatic heterocycles. The van der Waals surface area contributed by atoms with Crippen LogP contribution < -0.4 is 0 Å². The van der Waals surface area contributed by atoms with Crippen molar-refractivity contribution in [3.05, 3.63) is 41.8 Å². The lowest BCUT2D eigenvalue weighted by Gasteiger charge is -2.28. The number of nitrogens with one attached hydrogen (secondary N) is 1. The van der Waals surface area contributed by atoms with Gasteiger partial charge in [0.05, 0.1) is 11.9 Å². The first-order chi connectivity index (χ1) is 11.2. The highest BCUT2D eigenvalue weighted by Gasteiger charge is 2.28. The Hall–Kier alpha value is -2.70. The number of benzene rings is 1. The molecule has 1 N–H and O–H groups in total. The monoisotopic (exact) mass is 333 g/mol. The van der Waals surface area contributed by atoms with E-state index in [4.69, 9.17) is 4.74 Å². The highest BCUT2D eigenvalue weighted by atomic mass is 19.1. The lowest BCUT2D eigenvalue weighted by molar-refractivity contribution is -0.112. The summed E-state index contributed by atoms with van der Waals surface area (Å²) in [5.41, 5.74) is 1.04. The molecule has 0 saturated carbocycles. The van der Waals surface area contributed by atoms with Gasteiger partial charge < -0.3 is 9.53 Å². The van der Waals surface area contributed by atoms with Crippen molar-refractivity contribution in [1.82, 2.24) is 15.1 Å². The molecule has 7 heteroatoms. The SMILES string of the molecule is CN(C(=O)OC(C)(C)C)C(C=O)c1cn[nH]c1-c1ccc(F)cc1. The molecule has 0 spiro atoms. The Kier molecular flexibility index (Phi) is 5.02. The van der Waals surface area contributed by atoms with E-state index in [1.54, 1.807) is 32.9 Å². The number of carbonyl (C=O) groups excluding carboxylic acids is 2. The molecular formula is C17H20FN3O3. The maximum atomic E-state index is 13.1. The predicted molar refractivity (Wildman–Crippen MR) is 86.8 cm³/mol. The average molecular weight is 333 g/mol. The van der Waals surface area contributed by atoms with Crippen LogP contribution >= 0.6 is 0 Å². The van der Waals surface area contributed by atoms with Crippen LogP contribution in [0, 0.1) is 5.82 Å². The maximum Gasteiger partial charge on any atom is 0.410 e. The molecule has 0 aliphatic rings. The number of halogens is 1. The van der Waals surface area contributed by atoms with Crippen LogP contribution in [0.2, 0.25) is 0 Å². The second-order valence-corrected chi connectivity index (χ2v) is 6.38. The molecule has 2 rings (SSSR count). The van der Waals surface area contributed by atoms with Crippen molar-refractivity contribution < 1.29 is 18.7 Å². The van der Waals surface area contributed by atoms with Crippen LogP contribution in [-0.2, 0) is 9.53 Å². The molecule has 0 fully saturated rings. The molecule has 1 atom stereocenters. The number of hydrogen-bond acceptors (Lipinski definition) is 4. The molecule has 128 valence electrons. The normalized spacial score (nSPS) is 12.5. The van der Waals surface area contributed by atoms with E-state index in [-0.39, 0.29) is 5.82 Å². The van der Waals surface area contributed by atoms with Gasteiger partial charge in [-0.05, 0) is 45.0 Å². The lowest BCUT2D eigenvalue weighted by atomic mass is 10.0. The van der Waals surface area contributed by atoms with E-state index in [0.29, 0.717) is 23.1 Å². The van der Waals surface area contributed by atoms with Crippen LogP contribution in [0.3, 0.4) is 0 Å². The van der Waals surface area contributed by atoms with Gasteiger partial charge in [-0.25, -0.2) is 9.18 Å². The smallest absolute Gasteiger partial charge is 0.410 e. The number of rotatable bonds is 4. The van der Waals surface area contributed by atoms with E-state index in [9.17, 15) is 14.0 Å². The van der Waals surface area contributed by atoms with Gasteiger partial charge in [-0.2, -0.15) is 5.10 Å². The molecule has 0 aliphatic carbocycles. The predicted octanol–water partition coefficient (Wildman–Crippen LogP) is 3.32. The molecule has 0 saturated heterocycles. The van der Waals surface area contributed by atoms with Crippen LogP contribution in [0.4, 0.5) is 9.18 Å². The summed E-state index contributed by atoms with van der Waals surface area (Å²) in [5.74, 6) is -0.363. The van der Waals surface area contributed by atoms with E-state index in [1.165, 1.54) is 30.3 Å². The van der Waals surface area contributed by atoms with Gasteiger partial charge in [0.15, 0.2) is 0 Å². The fraction of sp³-hybridized carbons (Fsp3) is 0.353. The van der Waals surface area contributed by atoms with Crippen molar-refractivity contribution >= 4 is 12.4 Å². The number of aromatic nitrogens is 2. The Morgan fingerprint density at radius 1 is 1.33 bits per heavy atom. The minimum atomic E-state index is -0.876. The van der Waals surface area contributed by atoms with E-state index >= 15 is 0 Å². The zero-order valence-corrected chi connectivity index (χ0v) is 14.0. The molecule has 6 nitrogen and oxygen atoms in total. The van der Waals surface area contributed by atoms with Crippen molar-refractivity contribution in [3.8, 4) is 11.3 Å². The lowest BCUT2D eigenvalue weighted by Crippen LogP contribution is -2.37. The minimum absolute atomic E-state index is 0.363. The number of aldehydes is 1. The molecule has 1 aromatic carbocycles. The van der Waals surface area contributed by atoms with Gasteiger partial charge in [0.1, 0.15) is 23.7 Å². The molecule has 2 aromatic rings. The summed E-state index contributed by atoms with van der Waals surface area (Å²) in [6, 6.07) is 4.89. The fourth-order valence-electron chi connectivity index (χ4n) is 2.19. The average Bonchev–Trinajstić information content (AvgIpc) is 2.96. The van der Waals surface area contributed by atoms with Crippen molar-refractivity contribution in [2.24, 2.45) is 0 Å². The molecule has 1 unspecified atom stereocenters. The first-order valence-electron chi connectivity index (χ1n) is 7.43. The quantitative estimate of drug-likeness (QED) is 0.871. The second kappa shape index (κ2) is 6.82. The third kappa shape index (κ3) is 3.98. The van der Waals surface area contributed by atoms with Crippen LogP contribution in [-0.4, -0.2) is 40.1 Å². The van der Waals surface area contributed by atoms with Gasteiger partial charge >= 0.3 is 6.09 Å². The second-order valence-electron chi connectivity index (χ2n) is 6.38. The molecule has 1 amide bonds. The third-order valence-electron chi connectivity index (χ3n) is 3.35. The first-order valence-corrected chi connectivity index (χ1v) is 7.43. The van der Waals surface area contributed by atoms with Crippen LogP contribution in [0.25, 0.3) is 11.3 Å². The summed E-state index contributed by atoms with van der Waals surface area (Å²) in [4.78, 5) is 25.0. The summed E-state index contributed by atoms with van der Waals surface area (Å²) < 4.78 is 18.4. The number of amides is 1. The van der Waals surface area contributed by atoms with E-state index < -0.39 is 17.7 Å². The first kappa shape index (κ1) is 17.7. The van der Waals surface area contributed by atoms with E-state index in [0.717, 1.165) is 0 Å². The number of hydrogen-bond donors (Lipinski definition) is 1. The van der Waals surface area contributed by atoms with Crippen molar-refractivity contribution in [2.45, 2.75) is 32.4 Å². The van der Waals surface area contributed by atoms with Crippen LogP contribution in [0.1, 0.15) is 32.4 Å². The fourth-order valence-corrected chi connectivity index (χ4v) is 2.19. The summed E-state index contributed by atoms with van der Waals surface area (Å²) in [7, 11) is 1.48. The van der Waals surface area contributed by atoms with Gasteiger partial charge in [-0.3, -0.25) is 10.00 Å². The zero-order valence-electron chi connectivity index (χ0n) is 14.0. The molecule has 0 bridgehead atoms. The summed E-state index contributed by atoms with van der Waals surface area (Å²) in [6.45, 7) is 5.24. The Labute approximate surface area is 139 Å². The maximum absolute atomic E-state index is 13.1. The number of H-pyrrole nitrogens is 1. The van der Waals surface area contributed by atoms with E-state index in [2.05, 4.69) is 10.2 Å². The number of ether oxygens (including phenoxy) is 1. The molecule has 1 aromatic heterocycles. The zero-order chi connectivity index (χ0) is 17.9. The Morgan fingerprint density at radius 2 is 1.96 bits per heavy atom. The standard InChI is InChI=1S/C17H20FN3O3/c1-17(2,3)24-16(23)21(4)14(10-22)13-9-19-20-15(13)11-5-7-12(18)8-6-11/h5-10,14H,1-4H3,(H,19,20). The highest BCUT2D eigenvalue weighted by molar-refractivity contribution is 5.77. The van der Waals surface area contributed by atoms with Gasteiger partial charge in [-0.15, -0.1) is 0 Å². The highest BCUT2D eigenvalue weighted by Crippen LogP contribution is 2.29. The third-order valence-corrected chi connectivity index (χ3v) is 3.35. The van der Waals surface area contributed by atoms with Gasteiger partial charge in [0.2, 0.25) is 0 Å². The summed E-state index contributed by atoms with van der Waals surface area (Å²) >= 11 is 0. The van der Waals surface area contributed by atoms with Crippen LogP contribution in [0.15, 0.2) is 30.5 Å². The largest absolute Gasteiger partial charge is 0.444 e. The van der Waals surface area contributed by atoms with Gasteiger partial charge in [0.25, 0.3) is 0 Å². The van der Waals surface area contributed by atoms with Gasteiger partial charge in [-0.1, -0.05) is 0 Å². The van der Waals surface area contributed by atoms with Crippen molar-refractivity contribution in [3.63, 3.8) is 0 Å². The number of aromatic amines is 1. The number of nitrogens with zero attached hydrogens (tertiary/aromatic N) is 2. The van der Waals surface area contributed by atoms with Gasteiger partial charge in [0, 0.05) is 18.2 Å². The Morgan fingerprint density at radius 3 is 2.50 bits per heavy atom.